The molecule has 37 heavy (non-hydrogen) atoms. The van der Waals surface area contributed by atoms with Gasteiger partial charge in [0.05, 0.1) is 28.8 Å². The predicted molar refractivity (Wildman–Crippen MR) is 142 cm³/mol. The van der Waals surface area contributed by atoms with Crippen molar-refractivity contribution in [3.8, 4) is 0 Å². The summed E-state index contributed by atoms with van der Waals surface area (Å²) in [6.45, 7) is 1.51. The van der Waals surface area contributed by atoms with E-state index in [4.69, 9.17) is 16.3 Å². The van der Waals surface area contributed by atoms with Gasteiger partial charge in [-0.05, 0) is 74.0 Å². The molecule has 5 nitrogen and oxygen atoms in total. The standard InChI is InChI=1S/C26H29ClF3N3O2S2/c27-22-10-20(37-32-26(34)21-9-18-3-6-24(21)35-18)11-23(30)25(22)31-17(7-8-33-12-16(29)13-33)14-36-19-4-1-15(28)2-5-19/h1-2,4-5,10-11,16-18,21,24,31H,3,6-9,12-14H2,(H,32,34). The molecular weight excluding hydrogens is 543 g/mol. The molecule has 3 aliphatic rings. The molecule has 3 heterocycles. The van der Waals surface area contributed by atoms with Crippen LogP contribution in [0.25, 0.3) is 0 Å². The number of carbonyl (C=O) groups excluding carboxylic acids is 1. The van der Waals surface area contributed by atoms with Crippen LogP contribution in [-0.4, -0.2) is 60.6 Å². The number of likely N-dealkylation sites (tertiary alicyclic amines) is 1. The molecule has 0 saturated carbocycles. The first kappa shape index (κ1) is 27.0. The lowest BCUT2D eigenvalue weighted by atomic mass is 9.89. The van der Waals surface area contributed by atoms with E-state index in [0.29, 0.717) is 36.7 Å². The average molecular weight is 572 g/mol. The van der Waals surface area contributed by atoms with Gasteiger partial charge in [0.25, 0.3) is 0 Å². The molecule has 0 aliphatic carbocycles. The predicted octanol–water partition coefficient (Wildman–Crippen LogP) is 5.93. The summed E-state index contributed by atoms with van der Waals surface area (Å²) in [5.41, 5.74) is 0.190. The number of ether oxygens (including phenoxy) is 1. The monoisotopic (exact) mass is 571 g/mol. The number of hydrogen-bond donors (Lipinski definition) is 2. The molecule has 0 spiro atoms. The Morgan fingerprint density at radius 3 is 2.59 bits per heavy atom. The minimum atomic E-state index is -0.784. The summed E-state index contributed by atoms with van der Waals surface area (Å²) in [6.07, 6.45) is 2.68. The van der Waals surface area contributed by atoms with Crippen molar-refractivity contribution < 1.29 is 22.7 Å². The van der Waals surface area contributed by atoms with Gasteiger partial charge in [0.2, 0.25) is 5.91 Å². The minimum Gasteiger partial charge on any atom is -0.378 e. The maximum Gasteiger partial charge on any atom is 0.235 e. The fourth-order valence-corrected chi connectivity index (χ4v) is 7.01. The normalized spacial score (nSPS) is 24.2. The summed E-state index contributed by atoms with van der Waals surface area (Å²) in [6, 6.07) is 9.04. The lowest BCUT2D eigenvalue weighted by Gasteiger charge is -2.35. The van der Waals surface area contributed by atoms with Crippen molar-refractivity contribution in [2.75, 3.05) is 30.7 Å². The van der Waals surface area contributed by atoms with E-state index < -0.39 is 12.0 Å². The van der Waals surface area contributed by atoms with Crippen LogP contribution in [0.2, 0.25) is 5.02 Å². The summed E-state index contributed by atoms with van der Waals surface area (Å²) in [5.74, 6) is -0.491. The summed E-state index contributed by atoms with van der Waals surface area (Å²) >= 11 is 9.05. The van der Waals surface area contributed by atoms with Gasteiger partial charge in [0.15, 0.2) is 0 Å². The van der Waals surface area contributed by atoms with E-state index in [2.05, 4.69) is 10.0 Å². The third-order valence-corrected chi connectivity index (χ3v) is 9.29. The van der Waals surface area contributed by atoms with Crippen molar-refractivity contribution in [2.24, 2.45) is 5.92 Å². The van der Waals surface area contributed by atoms with Gasteiger partial charge in [-0.25, -0.2) is 13.2 Å². The molecule has 5 rings (SSSR count). The van der Waals surface area contributed by atoms with Crippen LogP contribution >= 0.6 is 35.3 Å². The molecule has 4 atom stereocenters. The number of amides is 1. The van der Waals surface area contributed by atoms with Gasteiger partial charge in [0.1, 0.15) is 17.8 Å². The van der Waals surface area contributed by atoms with E-state index >= 15 is 4.39 Å². The van der Waals surface area contributed by atoms with Gasteiger partial charge in [-0.15, -0.1) is 11.8 Å². The lowest BCUT2D eigenvalue weighted by molar-refractivity contribution is -0.124. The molecule has 200 valence electrons. The zero-order valence-electron chi connectivity index (χ0n) is 20.1. The summed E-state index contributed by atoms with van der Waals surface area (Å²) in [5, 5.41) is 3.44. The molecule has 0 radical (unpaired) electrons. The topological polar surface area (TPSA) is 53.6 Å². The van der Waals surface area contributed by atoms with Crippen molar-refractivity contribution in [2.45, 2.75) is 59.9 Å². The smallest absolute Gasteiger partial charge is 0.235 e. The van der Waals surface area contributed by atoms with Crippen LogP contribution in [0.3, 0.4) is 0 Å². The third kappa shape index (κ3) is 6.89. The van der Waals surface area contributed by atoms with Crippen molar-refractivity contribution in [1.29, 1.82) is 0 Å². The number of nitrogens with one attached hydrogen (secondary N) is 2. The first-order valence-electron chi connectivity index (χ1n) is 12.5. The fraction of sp³-hybridized carbons (Fsp3) is 0.500. The largest absolute Gasteiger partial charge is 0.378 e. The molecule has 2 aromatic rings. The highest BCUT2D eigenvalue weighted by molar-refractivity contribution is 7.99. The Hall–Kier alpha value is -1.59. The molecule has 4 unspecified atom stereocenters. The Bertz CT molecular complexity index is 1080. The third-order valence-electron chi connectivity index (χ3n) is 7.05. The van der Waals surface area contributed by atoms with Crippen LogP contribution in [0.5, 0.6) is 0 Å². The van der Waals surface area contributed by atoms with Crippen LogP contribution in [0.1, 0.15) is 25.7 Å². The highest BCUT2D eigenvalue weighted by Gasteiger charge is 2.44. The minimum absolute atomic E-state index is 0.0192. The van der Waals surface area contributed by atoms with Gasteiger partial charge in [-0.1, -0.05) is 11.6 Å². The van der Waals surface area contributed by atoms with Crippen molar-refractivity contribution in [1.82, 2.24) is 9.62 Å². The van der Waals surface area contributed by atoms with E-state index in [1.165, 1.54) is 30.0 Å². The van der Waals surface area contributed by atoms with Crippen LogP contribution in [0.15, 0.2) is 46.2 Å². The molecule has 1 amide bonds. The lowest BCUT2D eigenvalue weighted by Crippen LogP contribution is -2.49. The summed E-state index contributed by atoms with van der Waals surface area (Å²) in [7, 11) is 0. The van der Waals surface area contributed by atoms with Crippen molar-refractivity contribution in [3.05, 3.63) is 53.1 Å². The molecule has 0 aromatic heterocycles. The molecule has 3 aliphatic heterocycles. The SMILES string of the molecule is O=C(NSc1cc(F)c(NC(CCN2CC(F)C2)CSc2ccc(F)cc2)c(Cl)c1)C1CC2CCC1O2. The maximum absolute atomic E-state index is 15.2. The van der Waals surface area contributed by atoms with E-state index in [-0.39, 0.29) is 46.6 Å². The number of carbonyl (C=O) groups is 1. The molecule has 3 saturated heterocycles. The number of alkyl halides is 1. The zero-order valence-corrected chi connectivity index (χ0v) is 22.5. The number of anilines is 1. The van der Waals surface area contributed by atoms with E-state index in [1.807, 2.05) is 4.90 Å². The number of nitrogens with zero attached hydrogens (tertiary/aromatic N) is 1. The second-order valence-electron chi connectivity index (χ2n) is 9.80. The van der Waals surface area contributed by atoms with Crippen molar-refractivity contribution in [3.63, 3.8) is 0 Å². The number of benzene rings is 2. The van der Waals surface area contributed by atoms with Gasteiger partial charge in [-0.2, -0.15) is 0 Å². The molecule has 3 fully saturated rings. The van der Waals surface area contributed by atoms with E-state index in [0.717, 1.165) is 36.1 Å². The van der Waals surface area contributed by atoms with Crippen LogP contribution in [0.4, 0.5) is 18.9 Å². The number of thioether (sulfide) groups is 1. The van der Waals surface area contributed by atoms with Gasteiger partial charge < -0.3 is 10.1 Å². The second-order valence-corrected chi connectivity index (χ2v) is 12.2. The highest BCUT2D eigenvalue weighted by Crippen LogP contribution is 2.39. The molecule has 2 bridgehead atoms. The number of rotatable bonds is 11. The number of halogens is 4. The first-order valence-corrected chi connectivity index (χ1v) is 14.6. The van der Waals surface area contributed by atoms with E-state index in [1.54, 1.807) is 18.2 Å². The Labute approximate surface area is 228 Å². The van der Waals surface area contributed by atoms with Crippen molar-refractivity contribution >= 4 is 46.9 Å². The Balaban J connectivity index is 1.20. The first-order chi connectivity index (χ1) is 17.8. The zero-order chi connectivity index (χ0) is 25.9. The molecule has 11 heteroatoms. The summed E-state index contributed by atoms with van der Waals surface area (Å²) in [4.78, 5) is 16.0. The summed E-state index contributed by atoms with van der Waals surface area (Å²) < 4.78 is 50.2. The van der Waals surface area contributed by atoms with Crippen LogP contribution in [0, 0.1) is 17.6 Å². The van der Waals surface area contributed by atoms with Gasteiger partial charge in [-0.3, -0.25) is 14.4 Å². The number of fused-ring (bicyclic) bond motifs is 2. The van der Waals surface area contributed by atoms with Gasteiger partial charge >= 0.3 is 0 Å². The Morgan fingerprint density at radius 1 is 1.16 bits per heavy atom. The van der Waals surface area contributed by atoms with Crippen LogP contribution in [-0.2, 0) is 9.53 Å². The Morgan fingerprint density at radius 2 is 1.95 bits per heavy atom. The quantitative estimate of drug-likeness (QED) is 0.258. The fourth-order valence-electron chi connectivity index (χ4n) is 5.00. The van der Waals surface area contributed by atoms with Gasteiger partial charge in [0, 0.05) is 41.2 Å². The number of hydrogen-bond acceptors (Lipinski definition) is 6. The molecule has 2 N–H and O–H groups in total. The highest BCUT2D eigenvalue weighted by atomic mass is 35.5. The second kappa shape index (κ2) is 12.1. The Kier molecular flexibility index (Phi) is 8.81. The molecule has 2 aromatic carbocycles. The maximum atomic E-state index is 15.2. The van der Waals surface area contributed by atoms with E-state index in [9.17, 15) is 13.6 Å². The average Bonchev–Trinajstić information content (AvgIpc) is 3.49. The molecular formula is C26H29ClF3N3O2S2. The van der Waals surface area contributed by atoms with Crippen LogP contribution < -0.4 is 10.0 Å².